The van der Waals surface area contributed by atoms with Crippen LogP contribution in [-0.4, -0.2) is 248 Å². The third-order valence-corrected chi connectivity index (χ3v) is 26.2. The zero-order valence-corrected chi connectivity index (χ0v) is 64.2. The van der Waals surface area contributed by atoms with Gasteiger partial charge in [0.25, 0.3) is 9.05 Å². The molecule has 582 valence electrons. The summed E-state index contributed by atoms with van der Waals surface area (Å²) < 4.78 is 214. The van der Waals surface area contributed by atoms with Crippen LogP contribution in [0.25, 0.3) is 0 Å². The third-order valence-electron chi connectivity index (χ3n) is 17.0. The van der Waals surface area contributed by atoms with E-state index in [0.29, 0.717) is 83.4 Å². The molecule has 6 atom stereocenters. The van der Waals surface area contributed by atoms with Gasteiger partial charge in [-0.15, -0.1) is 0 Å². The second-order valence-corrected chi connectivity index (χ2v) is 39.7. The Labute approximate surface area is 607 Å². The molecule has 0 saturated carbocycles. The topological polar surface area (TPSA) is 315 Å². The fraction of sp³-hybridized carbons (Fsp3) is 0.581. The summed E-state index contributed by atoms with van der Waals surface area (Å²) in [7, 11) is -14.3. The van der Waals surface area contributed by atoms with Gasteiger partial charge in [0.05, 0.1) is 19.6 Å². The van der Waals surface area contributed by atoms with Gasteiger partial charge in [0, 0.05) is 125 Å². The van der Waals surface area contributed by atoms with Gasteiger partial charge in [0.2, 0.25) is 30.1 Å². The Balaban J connectivity index is 0.000000437. The number of piperazine rings is 4. The molecule has 4 fully saturated rings. The summed E-state index contributed by atoms with van der Waals surface area (Å²) in [4.78, 5) is 27.7. The van der Waals surface area contributed by atoms with E-state index < -0.39 is 108 Å². The van der Waals surface area contributed by atoms with Crippen molar-refractivity contribution in [1.29, 1.82) is 0 Å². The van der Waals surface area contributed by atoms with Crippen LogP contribution in [0.1, 0.15) is 94.7 Å². The molecule has 103 heavy (non-hydrogen) atoms. The Hall–Kier alpha value is -4.43. The predicted molar refractivity (Wildman–Crippen MR) is 383 cm³/mol. The maximum absolute atomic E-state index is 12.9. The van der Waals surface area contributed by atoms with E-state index >= 15 is 0 Å². The summed E-state index contributed by atoms with van der Waals surface area (Å²) in [5.41, 5.74) is -5.98. The van der Waals surface area contributed by atoms with E-state index in [1.165, 1.54) is 94.9 Å². The molecule has 41 heteroatoms. The number of carbonyl (C=O) groups is 2. The summed E-state index contributed by atoms with van der Waals surface area (Å²) in [6, 6.07) is 19.4. The van der Waals surface area contributed by atoms with Crippen molar-refractivity contribution in [3.8, 4) is 0 Å². The number of aliphatic hydroxyl groups is 2. The van der Waals surface area contributed by atoms with Crippen LogP contribution in [0.5, 0.6) is 0 Å². The standard InChI is InChI=1S/C15H22BF3N2O4S.C14H21BN2O4S.C14H19F3N2O3S.C8H7ClO3S.C6H15BN2O.C4H9F3Si.CH4/c1-11-10-20(16(3)23)8-9-21(11)26(24,25)13-6-4-12(5-7-13)14(2,22)15(17,18)19;1-11-10-16(15(3)19)8-9-17(11)22(20,21)14-6-4-13(5-7-14)12(2)18;1-10-9-18-7-8-19(10)23(21,22)12-5-3-11(4-6-12)13(2,20)14(15,16)17;1-6(10)7-2-4-8(5-3-7)13(9,11)12;1-6-5-9(7(2)10)4-3-8-6;1-8(2,3)4(5,6)7;/h4-7,11,22-23H,8-10H2,1-3H3;4-7,11,19H,8-10H2,1-3H3;3-6,10,18,20H,7-9H2,1-2H3;2-5H,1H3;6,8,10H,3-5H2,1-2H3;1-3H3;1H4/t11-,14?;11-;10-,13?;;6-;;/m111.1../s1. The number of halogens is 10. The predicted octanol–water partition coefficient (Wildman–Crippen LogP) is 7.66. The van der Waals surface area contributed by atoms with Gasteiger partial charge in [-0.05, 0) is 136 Å². The number of nitrogens with zero attached hydrogens (tertiary/aromatic N) is 6. The number of Topliss-reactive ketones (excluding diaryl/α,β-unsaturated/α-hetero) is 2. The van der Waals surface area contributed by atoms with Crippen molar-refractivity contribution in [3.05, 3.63) is 119 Å². The van der Waals surface area contributed by atoms with E-state index in [9.17, 15) is 108 Å². The average molecular weight is 1590 g/mol. The van der Waals surface area contributed by atoms with Gasteiger partial charge < -0.3 is 50.4 Å². The molecule has 4 aromatic rings. The van der Waals surface area contributed by atoms with Crippen LogP contribution in [-0.2, 0) is 50.3 Å². The number of alkyl halides is 9. The van der Waals surface area contributed by atoms with Crippen molar-refractivity contribution in [1.82, 2.24) is 38.0 Å². The molecule has 23 nitrogen and oxygen atoms in total. The first-order valence-corrected chi connectivity index (χ1v) is 42.3. The molecule has 7 N–H and O–H groups in total. The van der Waals surface area contributed by atoms with Crippen LogP contribution in [0.15, 0.2) is 117 Å². The minimum absolute atomic E-state index is 0. The van der Waals surface area contributed by atoms with Gasteiger partial charge in [0.1, 0.15) is 0 Å². The highest BCUT2D eigenvalue weighted by atomic mass is 35.7. The van der Waals surface area contributed by atoms with Crippen LogP contribution in [0.2, 0.25) is 40.1 Å². The van der Waals surface area contributed by atoms with Crippen molar-refractivity contribution < 1.29 is 108 Å². The van der Waals surface area contributed by atoms with Crippen LogP contribution in [0, 0.1) is 0 Å². The second-order valence-electron chi connectivity index (χ2n) is 26.4. The number of sulfonamides is 3. The second kappa shape index (κ2) is 38.1. The molecule has 0 bridgehead atoms. The number of benzene rings is 4. The number of hydrogen-bond donors (Lipinski definition) is 7. The summed E-state index contributed by atoms with van der Waals surface area (Å²) >= 11 is 0. The van der Waals surface area contributed by atoms with Gasteiger partial charge >= 0.3 is 39.3 Å². The van der Waals surface area contributed by atoms with Gasteiger partial charge in [-0.2, -0.15) is 52.4 Å². The lowest BCUT2D eigenvalue weighted by molar-refractivity contribution is -0.259. The van der Waals surface area contributed by atoms with E-state index in [4.69, 9.17) is 10.7 Å². The number of rotatable bonds is 14. The molecule has 0 spiro atoms. The zero-order chi connectivity index (χ0) is 78.5. The van der Waals surface area contributed by atoms with Crippen LogP contribution < -0.4 is 10.6 Å². The van der Waals surface area contributed by atoms with E-state index in [1.807, 2.05) is 18.6 Å². The summed E-state index contributed by atoms with van der Waals surface area (Å²) in [6.07, 6.45) is -9.72. The van der Waals surface area contributed by atoms with Gasteiger partial charge in [-0.25, -0.2) is 33.7 Å². The molecule has 0 aromatic heterocycles. The summed E-state index contributed by atoms with van der Waals surface area (Å²) in [5, 5.41) is 54.1. The molecule has 0 amide bonds. The first kappa shape index (κ1) is 94.7. The van der Waals surface area contributed by atoms with Crippen LogP contribution in [0.4, 0.5) is 39.5 Å². The van der Waals surface area contributed by atoms with E-state index in [2.05, 4.69) is 22.4 Å². The summed E-state index contributed by atoms with van der Waals surface area (Å²) in [6.45, 7) is 26.9. The summed E-state index contributed by atoms with van der Waals surface area (Å²) in [5.74, 6) is -4.13. The highest BCUT2D eigenvalue weighted by molar-refractivity contribution is 8.13. The SMILES string of the molecule is C.CB(O)N1CCN(S(=O)(=O)c2ccc(C(C)(O)C(F)(F)F)cc2)[C@H](C)C1.CB(O)N1CCN(S(=O)(=O)c2ccc(C(C)=O)cc2)[C@H](C)C1.CB(O)N1CCN[C@H](C)C1.CC(=O)c1ccc(S(=O)(=O)Cl)cc1.C[C@@H]1CNCCN1S(=O)(=O)c1ccc(C(C)(O)C(F)(F)F)cc1.C[Si](C)(C)C(F)(F)F. The molecular weight excluding hydrogens is 1490 g/mol. The Morgan fingerprint density at radius 2 is 0.777 bits per heavy atom. The Morgan fingerprint density at radius 1 is 0.485 bits per heavy atom. The third kappa shape index (κ3) is 26.4. The maximum Gasteiger partial charge on any atom is 0.421 e. The number of nitrogens with one attached hydrogen (secondary N) is 2. The smallest absolute Gasteiger partial charge is 0.421 e. The molecule has 4 aliphatic rings. The largest absolute Gasteiger partial charge is 0.437 e. The highest BCUT2D eigenvalue weighted by Crippen LogP contribution is 2.40. The fourth-order valence-corrected chi connectivity index (χ4v) is 15.8. The first-order chi connectivity index (χ1) is 46.3. The minimum Gasteiger partial charge on any atom is -0.437 e. The highest BCUT2D eigenvalue weighted by Gasteiger charge is 2.52. The molecular formula is C62H97B3ClF9N8O15S4Si. The van der Waals surface area contributed by atoms with E-state index in [1.54, 1.807) is 32.3 Å². The quantitative estimate of drug-likeness (QED) is 0.0276. The molecule has 4 saturated heterocycles. The Bertz CT molecular complexity index is 3830. The number of ketones is 2. The average Bonchev–Trinajstić information content (AvgIpc) is 0.787. The van der Waals surface area contributed by atoms with Gasteiger partial charge in [-0.3, -0.25) is 9.59 Å². The fourth-order valence-electron chi connectivity index (χ4n) is 10.2. The Morgan fingerprint density at radius 3 is 1.02 bits per heavy atom. The normalized spacial score (nSPS) is 20.7. The minimum atomic E-state index is -4.88. The molecule has 0 radical (unpaired) electrons. The molecule has 2 unspecified atom stereocenters. The molecule has 4 heterocycles. The van der Waals surface area contributed by atoms with Crippen LogP contribution >= 0.6 is 10.7 Å². The van der Waals surface area contributed by atoms with E-state index in [0.717, 1.165) is 68.2 Å². The lowest BCUT2D eigenvalue weighted by atomic mass is 9.84. The first-order valence-electron chi connectivity index (χ1n) is 32.1. The zero-order valence-electron chi connectivity index (χ0n) is 59.2. The van der Waals surface area contributed by atoms with Crippen LogP contribution in [0.3, 0.4) is 0 Å². The molecule has 4 aliphatic heterocycles. The van der Waals surface area contributed by atoms with Crippen molar-refractivity contribution >= 4 is 90.6 Å². The number of carbonyl (C=O) groups excluding carboxylic acids is 2. The number of hydrogen-bond acceptors (Lipinski definition) is 20. The maximum atomic E-state index is 12.9. The molecule has 4 aromatic carbocycles. The molecule has 0 aliphatic carbocycles. The van der Waals surface area contributed by atoms with Crippen molar-refractivity contribution in [2.45, 2.75) is 176 Å². The monoisotopic (exact) mass is 1590 g/mol. The van der Waals surface area contributed by atoms with Crippen molar-refractivity contribution in [3.63, 3.8) is 0 Å². The van der Waals surface area contributed by atoms with Crippen molar-refractivity contribution in [2.24, 2.45) is 0 Å². The van der Waals surface area contributed by atoms with E-state index in [-0.39, 0.29) is 64.3 Å². The lowest BCUT2D eigenvalue weighted by Gasteiger charge is -2.39. The van der Waals surface area contributed by atoms with Gasteiger partial charge in [-0.1, -0.05) is 75.6 Å². The Kier molecular flexibility index (Phi) is 35.0. The van der Waals surface area contributed by atoms with Gasteiger partial charge in [0.15, 0.2) is 30.8 Å². The molecule has 8 rings (SSSR count). The van der Waals surface area contributed by atoms with Crippen molar-refractivity contribution in [2.75, 3.05) is 78.5 Å². The lowest BCUT2D eigenvalue weighted by Crippen LogP contribution is -2.57.